The van der Waals surface area contributed by atoms with Gasteiger partial charge in [0.2, 0.25) is 16.6 Å². The Morgan fingerprint density at radius 2 is 1.96 bits per heavy atom. The van der Waals surface area contributed by atoms with Crippen molar-refractivity contribution < 1.29 is 61.2 Å². The van der Waals surface area contributed by atoms with E-state index in [1.807, 2.05) is 28.8 Å². The number of nitrogens with one attached hydrogen (secondary N) is 2. The van der Waals surface area contributed by atoms with Gasteiger partial charge in [-0.3, -0.25) is 9.59 Å². The number of hydrogen-bond acceptors (Lipinski definition) is 16. The Kier molecular flexibility index (Phi) is 12.7. The highest BCUT2D eigenvalue weighted by atomic mass is 32.3. The summed E-state index contributed by atoms with van der Waals surface area (Å²) in [4.78, 5) is 46.9. The Hall–Kier alpha value is -4.71. The molecule has 0 bridgehead atoms. The molecule has 2 amide bonds. The largest absolute Gasteiger partial charge is 0.724 e. The molecular weight excluding hydrogens is 716 g/mol. The number of β-lactam (4-membered cyclic amide) rings is 1. The maximum atomic E-state index is 13.2. The molecule has 1 aliphatic rings. The van der Waals surface area contributed by atoms with Crippen LogP contribution >= 0.6 is 11.3 Å². The second-order valence-electron chi connectivity index (χ2n) is 11.8. The van der Waals surface area contributed by atoms with Gasteiger partial charge in [-0.25, -0.2) is 18.2 Å². The molecule has 1 aliphatic heterocycles. The summed E-state index contributed by atoms with van der Waals surface area (Å²) in [5.74, 6) is -3.24. The summed E-state index contributed by atoms with van der Waals surface area (Å²) in [6.07, 6.45) is 2.20. The topological polar surface area (TPSA) is 284 Å². The maximum Gasteiger partial charge on any atom is 0.351 e. The standard InChI is InChI=1S/C29H38N8O12S2/c1-29(2)24(26(41)37(29)49-51(44,45)46)33-25(40)23(21-16-50-28(30)32-21)34-48-22(27(42)43)15-47-20-7-5-17(6-8-20)18-12-35(3)36(13-18)10-4-9-31-11-19(39)14-38/h5-8,12-13,16,19,22,24,31,38-39H,4,9-11,14-15H2,1-3H3,(H4-,30,32,33,40,42,43,44,45,46)/b34-23+/t19-,22-,24?/m0/s1. The van der Waals surface area contributed by atoms with Crippen molar-refractivity contribution in [1.29, 1.82) is 0 Å². The molecule has 0 radical (unpaired) electrons. The zero-order chi connectivity index (χ0) is 37.5. The summed E-state index contributed by atoms with van der Waals surface area (Å²) in [7, 11) is -3.38. The SMILES string of the molecule is C[n+]1cc(-c2ccc(OC[C@H](O/N=C(/C(=O)NC3C(=O)N(OS(=O)(=O)[O-])C3(C)C)c3csc(N)n3)C(=O)O)cc2)cn1CCCNC[C@H](O)CO. The first kappa shape index (κ1) is 39.1. The van der Waals surface area contributed by atoms with Crippen molar-refractivity contribution in [1.82, 2.24) is 25.4 Å². The molecule has 51 heavy (non-hydrogen) atoms. The highest BCUT2D eigenvalue weighted by Crippen LogP contribution is 2.33. The number of carboxylic acids is 1. The van der Waals surface area contributed by atoms with E-state index in [2.05, 4.69) is 25.1 Å². The van der Waals surface area contributed by atoms with Crippen molar-refractivity contribution in [2.45, 2.75) is 50.6 Å². The number of ether oxygens (including phenoxy) is 1. The normalized spacial score (nSPS) is 17.1. The summed E-state index contributed by atoms with van der Waals surface area (Å²) in [5, 5.41) is 38.9. The number of thiazole rings is 1. The van der Waals surface area contributed by atoms with E-state index >= 15 is 0 Å². The van der Waals surface area contributed by atoms with Gasteiger partial charge in [-0.1, -0.05) is 17.3 Å². The summed E-state index contributed by atoms with van der Waals surface area (Å²) < 4.78 is 46.8. The fourth-order valence-corrected chi connectivity index (χ4v) is 5.82. The molecule has 2 aromatic heterocycles. The number of nitrogens with two attached hydrogens (primary N) is 1. The van der Waals surface area contributed by atoms with Crippen LogP contribution in [0, 0.1) is 0 Å². The molecule has 4 rings (SSSR count). The number of anilines is 1. The Bertz CT molecular complexity index is 1840. The fraction of sp³-hybridized carbons (Fsp3) is 0.448. The van der Waals surface area contributed by atoms with Crippen molar-refractivity contribution in [3.63, 3.8) is 0 Å². The predicted molar refractivity (Wildman–Crippen MR) is 176 cm³/mol. The van der Waals surface area contributed by atoms with Gasteiger partial charge in [0.05, 0.1) is 36.6 Å². The minimum Gasteiger partial charge on any atom is -0.724 e. The number of carbonyl (C=O) groups excluding carboxylic acids is 2. The van der Waals surface area contributed by atoms with Crippen LogP contribution in [0.15, 0.2) is 47.2 Å². The van der Waals surface area contributed by atoms with Crippen LogP contribution < -0.4 is 25.8 Å². The van der Waals surface area contributed by atoms with Crippen LogP contribution in [0.2, 0.25) is 0 Å². The summed E-state index contributed by atoms with van der Waals surface area (Å²) in [6, 6.07) is 5.50. The van der Waals surface area contributed by atoms with Crippen LogP contribution in [0.25, 0.3) is 11.1 Å². The van der Waals surface area contributed by atoms with Crippen LogP contribution in [0.4, 0.5) is 5.13 Å². The number of benzene rings is 1. The van der Waals surface area contributed by atoms with Gasteiger partial charge in [-0.2, -0.15) is 14.0 Å². The van der Waals surface area contributed by atoms with E-state index in [0.717, 1.165) is 28.9 Å². The predicted octanol–water partition coefficient (Wildman–Crippen LogP) is -1.90. The van der Waals surface area contributed by atoms with E-state index in [1.165, 1.54) is 19.2 Å². The van der Waals surface area contributed by atoms with E-state index in [4.69, 9.17) is 20.4 Å². The van der Waals surface area contributed by atoms with E-state index < -0.39 is 64.3 Å². The molecule has 20 nitrogen and oxygen atoms in total. The van der Waals surface area contributed by atoms with Gasteiger partial charge in [-0.05, 0) is 44.5 Å². The molecule has 3 heterocycles. The molecule has 7 N–H and O–H groups in total. The van der Waals surface area contributed by atoms with Crippen molar-refractivity contribution in [2.75, 3.05) is 32.0 Å². The Balaban J connectivity index is 1.38. The average molecular weight is 755 g/mol. The monoisotopic (exact) mass is 754 g/mol. The Morgan fingerprint density at radius 3 is 2.55 bits per heavy atom. The summed E-state index contributed by atoms with van der Waals surface area (Å²) in [5.41, 5.74) is 5.36. The van der Waals surface area contributed by atoms with Gasteiger partial charge in [-0.15, -0.1) is 16.0 Å². The lowest BCUT2D eigenvalue weighted by Crippen LogP contribution is -2.76. The second-order valence-corrected chi connectivity index (χ2v) is 13.7. The third kappa shape index (κ3) is 10.2. The number of aryl methyl sites for hydroxylation is 2. The van der Waals surface area contributed by atoms with Crippen molar-refractivity contribution in [3.05, 3.63) is 47.7 Å². The molecule has 1 unspecified atom stereocenters. The van der Waals surface area contributed by atoms with Gasteiger partial charge in [0, 0.05) is 11.9 Å². The summed E-state index contributed by atoms with van der Waals surface area (Å²) in [6.45, 7) is 3.51. The molecular formula is C29H38N8O12S2. The second kappa shape index (κ2) is 16.5. The van der Waals surface area contributed by atoms with Gasteiger partial charge in [0.15, 0.2) is 17.9 Å². The molecule has 1 fully saturated rings. The number of hydrogen-bond donors (Lipinski definition) is 6. The third-order valence-corrected chi connectivity index (χ3v) is 8.59. The van der Waals surface area contributed by atoms with Crippen molar-refractivity contribution in [3.8, 4) is 16.9 Å². The highest BCUT2D eigenvalue weighted by Gasteiger charge is 2.57. The molecule has 1 aromatic carbocycles. The van der Waals surface area contributed by atoms with Gasteiger partial charge in [0.25, 0.3) is 17.9 Å². The molecule has 3 atom stereocenters. The van der Waals surface area contributed by atoms with E-state index in [0.29, 0.717) is 30.4 Å². The Morgan fingerprint density at radius 1 is 1.25 bits per heavy atom. The smallest absolute Gasteiger partial charge is 0.351 e. The van der Waals surface area contributed by atoms with Gasteiger partial charge in [0.1, 0.15) is 24.1 Å². The number of aliphatic carboxylic acids is 1. The lowest BCUT2D eigenvalue weighted by Gasteiger charge is -2.51. The van der Waals surface area contributed by atoms with Crippen LogP contribution in [0.1, 0.15) is 26.0 Å². The van der Waals surface area contributed by atoms with Gasteiger partial charge >= 0.3 is 5.97 Å². The molecule has 0 spiro atoms. The first-order valence-electron chi connectivity index (χ1n) is 15.3. The lowest BCUT2D eigenvalue weighted by atomic mass is 9.84. The molecule has 3 aromatic rings. The molecule has 278 valence electrons. The number of aromatic nitrogens is 3. The number of carboxylic acid groups (broad SMARTS) is 1. The van der Waals surface area contributed by atoms with Crippen molar-refractivity contribution >= 4 is 50.4 Å². The number of nitrogen functional groups attached to an aromatic ring is 1. The van der Waals surface area contributed by atoms with Gasteiger partial charge < -0.3 is 45.8 Å². The minimum absolute atomic E-state index is 0.0433. The Labute approximate surface area is 295 Å². The number of oxime groups is 1. The minimum atomic E-state index is -5.28. The van der Waals surface area contributed by atoms with Crippen LogP contribution in [-0.4, -0.2) is 117 Å². The molecule has 22 heteroatoms. The molecule has 0 saturated carbocycles. The van der Waals surface area contributed by atoms with E-state index in [-0.39, 0.29) is 17.4 Å². The zero-order valence-electron chi connectivity index (χ0n) is 27.7. The lowest BCUT2D eigenvalue weighted by molar-refractivity contribution is -0.753. The number of aliphatic hydroxyl groups is 2. The van der Waals surface area contributed by atoms with E-state index in [9.17, 15) is 37.6 Å². The average Bonchev–Trinajstić information content (AvgIpc) is 3.67. The van der Waals surface area contributed by atoms with Crippen LogP contribution in [0.5, 0.6) is 5.75 Å². The number of nitrogens with zero attached hydrogens (tertiary/aromatic N) is 5. The van der Waals surface area contributed by atoms with Crippen molar-refractivity contribution in [2.24, 2.45) is 12.2 Å². The fourth-order valence-electron chi connectivity index (χ4n) is 4.83. The highest BCUT2D eigenvalue weighted by molar-refractivity contribution is 7.80. The third-order valence-electron chi connectivity index (χ3n) is 7.58. The van der Waals surface area contributed by atoms with Crippen LogP contribution in [0.3, 0.4) is 0 Å². The zero-order valence-corrected chi connectivity index (χ0v) is 29.3. The molecule has 0 aliphatic carbocycles. The maximum absolute atomic E-state index is 13.2. The number of amides is 2. The number of rotatable bonds is 19. The van der Waals surface area contributed by atoms with Crippen LogP contribution in [-0.2, 0) is 47.5 Å². The number of carbonyl (C=O) groups is 3. The molecule has 1 saturated heterocycles. The number of aliphatic hydroxyl groups excluding tert-OH is 2. The number of hydroxylamine groups is 2. The van der Waals surface area contributed by atoms with E-state index in [1.54, 1.807) is 24.3 Å². The first-order chi connectivity index (χ1) is 24.0. The summed E-state index contributed by atoms with van der Waals surface area (Å²) >= 11 is 0.945. The first-order valence-corrected chi connectivity index (χ1v) is 17.5. The quantitative estimate of drug-likeness (QED) is 0.0148.